The highest BCUT2D eigenvalue weighted by atomic mass is 32.2. The Bertz CT molecular complexity index is 1100. The van der Waals surface area contributed by atoms with Crippen LogP contribution in [-0.4, -0.2) is 45.1 Å². The van der Waals surface area contributed by atoms with Gasteiger partial charge in [-0.1, -0.05) is 36.4 Å². The summed E-state index contributed by atoms with van der Waals surface area (Å²) >= 11 is 1.72. The zero-order chi connectivity index (χ0) is 23.4. The van der Waals surface area contributed by atoms with Crippen LogP contribution in [0.25, 0.3) is 0 Å². The molecule has 6 heteroatoms. The van der Waals surface area contributed by atoms with Crippen LogP contribution < -0.4 is 9.64 Å². The lowest BCUT2D eigenvalue weighted by molar-refractivity contribution is -0.119. The van der Waals surface area contributed by atoms with E-state index >= 15 is 0 Å². The maximum Gasteiger partial charge on any atom is 0.228 e. The van der Waals surface area contributed by atoms with Crippen LogP contribution in [0.4, 0.5) is 10.1 Å². The first-order valence-electron chi connectivity index (χ1n) is 11.0. The number of halogens is 1. The number of benzene rings is 3. The molecule has 0 spiro atoms. The number of thioether (sulfide) groups is 1. The molecule has 1 aliphatic rings. The maximum atomic E-state index is 13.8. The molecule has 1 atom stereocenters. The van der Waals surface area contributed by atoms with Gasteiger partial charge in [0.05, 0.1) is 17.5 Å². The number of carbonyl (C=O) groups is 1. The normalized spacial score (nSPS) is 18.2. The lowest BCUT2D eigenvalue weighted by atomic mass is 9.87. The molecule has 4 nitrogen and oxygen atoms in total. The number of carbonyl (C=O) groups excluding carboxylic acids is 1. The van der Waals surface area contributed by atoms with Crippen molar-refractivity contribution in [2.45, 2.75) is 22.5 Å². The number of fused-ring (bicyclic) bond motifs is 1. The van der Waals surface area contributed by atoms with E-state index in [0.717, 1.165) is 34.0 Å². The molecule has 172 valence electrons. The highest BCUT2D eigenvalue weighted by Crippen LogP contribution is 2.52. The molecule has 1 unspecified atom stereocenters. The van der Waals surface area contributed by atoms with Crippen molar-refractivity contribution in [3.05, 3.63) is 89.7 Å². The summed E-state index contributed by atoms with van der Waals surface area (Å²) in [6.07, 6.45) is 0.940. The minimum atomic E-state index is -0.538. The Labute approximate surface area is 199 Å². The van der Waals surface area contributed by atoms with E-state index in [2.05, 4.69) is 11.0 Å². The van der Waals surface area contributed by atoms with E-state index < -0.39 is 4.75 Å². The summed E-state index contributed by atoms with van der Waals surface area (Å²) in [5.74, 6) is 0.600. The molecule has 1 aliphatic heterocycles. The van der Waals surface area contributed by atoms with Crippen LogP contribution in [0.5, 0.6) is 5.75 Å². The highest BCUT2D eigenvalue weighted by molar-refractivity contribution is 8.00. The van der Waals surface area contributed by atoms with Crippen LogP contribution in [0.3, 0.4) is 0 Å². The Hall–Kier alpha value is -2.83. The Kier molecular flexibility index (Phi) is 7.05. The first-order chi connectivity index (χ1) is 15.9. The van der Waals surface area contributed by atoms with Gasteiger partial charge in [0.1, 0.15) is 11.6 Å². The SMILES string of the molecule is COc1ccc(C2(Cc3ccc(F)cc3)CC(=O)N(CCN(C)C)c3ccccc3S2)cc1. The molecule has 0 fully saturated rings. The third kappa shape index (κ3) is 5.23. The second kappa shape index (κ2) is 9.98. The first-order valence-corrected chi connectivity index (χ1v) is 11.8. The summed E-state index contributed by atoms with van der Waals surface area (Å²) in [5, 5.41) is 0. The summed E-state index contributed by atoms with van der Waals surface area (Å²) < 4.78 is 18.4. The lowest BCUT2D eigenvalue weighted by Gasteiger charge is -2.33. The van der Waals surface area contributed by atoms with Gasteiger partial charge < -0.3 is 14.5 Å². The van der Waals surface area contributed by atoms with Crippen molar-refractivity contribution >= 4 is 23.4 Å². The molecule has 0 bridgehead atoms. The van der Waals surface area contributed by atoms with Gasteiger partial charge in [-0.05, 0) is 68.0 Å². The molecule has 3 aromatic rings. The average molecular weight is 465 g/mol. The van der Waals surface area contributed by atoms with Crippen molar-refractivity contribution in [3.8, 4) is 5.75 Å². The third-order valence-corrected chi connectivity index (χ3v) is 7.47. The van der Waals surface area contributed by atoms with Gasteiger partial charge in [-0.25, -0.2) is 4.39 Å². The number of rotatable bonds is 7. The summed E-state index contributed by atoms with van der Waals surface area (Å²) in [6.45, 7) is 1.40. The van der Waals surface area contributed by atoms with Crippen molar-refractivity contribution < 1.29 is 13.9 Å². The van der Waals surface area contributed by atoms with Crippen LogP contribution in [0, 0.1) is 5.82 Å². The molecule has 1 heterocycles. The number of hydrogen-bond donors (Lipinski definition) is 0. The molecule has 0 radical (unpaired) electrons. The zero-order valence-electron chi connectivity index (χ0n) is 19.3. The van der Waals surface area contributed by atoms with Gasteiger partial charge in [-0.3, -0.25) is 4.79 Å². The van der Waals surface area contributed by atoms with E-state index in [0.29, 0.717) is 19.4 Å². The Morgan fingerprint density at radius 2 is 1.73 bits per heavy atom. The van der Waals surface area contributed by atoms with E-state index in [-0.39, 0.29) is 11.7 Å². The van der Waals surface area contributed by atoms with Crippen molar-refractivity contribution in [2.24, 2.45) is 0 Å². The molecule has 4 rings (SSSR count). The van der Waals surface area contributed by atoms with Crippen LogP contribution in [-0.2, 0) is 16.0 Å². The fraction of sp³-hybridized carbons (Fsp3) is 0.296. The Morgan fingerprint density at radius 3 is 2.39 bits per heavy atom. The number of amides is 1. The monoisotopic (exact) mass is 464 g/mol. The zero-order valence-corrected chi connectivity index (χ0v) is 20.1. The van der Waals surface area contributed by atoms with Gasteiger partial charge in [0.25, 0.3) is 0 Å². The number of hydrogen-bond acceptors (Lipinski definition) is 4. The topological polar surface area (TPSA) is 32.8 Å². The number of para-hydroxylation sites is 1. The molecule has 3 aromatic carbocycles. The molecule has 0 N–H and O–H groups in total. The van der Waals surface area contributed by atoms with Gasteiger partial charge in [-0.15, -0.1) is 11.8 Å². The molecule has 0 saturated carbocycles. The minimum Gasteiger partial charge on any atom is -0.497 e. The molecular weight excluding hydrogens is 435 g/mol. The summed E-state index contributed by atoms with van der Waals surface area (Å²) in [5.41, 5.74) is 2.99. The molecule has 0 aliphatic carbocycles. The third-order valence-electron chi connectivity index (χ3n) is 5.99. The van der Waals surface area contributed by atoms with Crippen molar-refractivity contribution in [1.29, 1.82) is 0 Å². The largest absolute Gasteiger partial charge is 0.497 e. The Balaban J connectivity index is 1.81. The number of nitrogens with zero attached hydrogens (tertiary/aromatic N) is 2. The van der Waals surface area contributed by atoms with Crippen LogP contribution in [0.2, 0.25) is 0 Å². The number of ether oxygens (including phenoxy) is 1. The van der Waals surface area contributed by atoms with Gasteiger partial charge in [-0.2, -0.15) is 0 Å². The summed E-state index contributed by atoms with van der Waals surface area (Å²) in [7, 11) is 5.67. The van der Waals surface area contributed by atoms with E-state index in [1.54, 1.807) is 18.9 Å². The van der Waals surface area contributed by atoms with Crippen LogP contribution >= 0.6 is 11.8 Å². The minimum absolute atomic E-state index is 0.0900. The highest BCUT2D eigenvalue weighted by Gasteiger charge is 2.41. The molecular formula is C27H29FN2O2S. The van der Waals surface area contributed by atoms with Crippen molar-refractivity contribution in [3.63, 3.8) is 0 Å². The van der Waals surface area contributed by atoms with E-state index in [9.17, 15) is 9.18 Å². The molecule has 0 saturated heterocycles. The van der Waals surface area contributed by atoms with E-state index in [1.165, 1.54) is 12.1 Å². The predicted molar refractivity (Wildman–Crippen MR) is 133 cm³/mol. The predicted octanol–water partition coefficient (Wildman–Crippen LogP) is 5.36. The van der Waals surface area contributed by atoms with Gasteiger partial charge in [0.2, 0.25) is 5.91 Å². The maximum absolute atomic E-state index is 13.8. The van der Waals surface area contributed by atoms with Crippen molar-refractivity contribution in [1.82, 2.24) is 4.90 Å². The van der Waals surface area contributed by atoms with Crippen molar-refractivity contribution in [2.75, 3.05) is 39.2 Å². The number of likely N-dealkylation sites (N-methyl/N-ethyl adjacent to an activating group) is 1. The molecule has 1 amide bonds. The second-order valence-electron chi connectivity index (χ2n) is 8.62. The fourth-order valence-corrected chi connectivity index (χ4v) is 5.76. The lowest BCUT2D eigenvalue weighted by Crippen LogP contribution is -2.39. The van der Waals surface area contributed by atoms with E-state index in [4.69, 9.17) is 4.74 Å². The van der Waals surface area contributed by atoms with Gasteiger partial charge in [0.15, 0.2) is 0 Å². The molecule has 33 heavy (non-hydrogen) atoms. The summed E-state index contributed by atoms with van der Waals surface area (Å²) in [6, 6.07) is 22.7. The standard InChI is InChI=1S/C27H29FN2O2S/c1-29(2)16-17-30-24-6-4-5-7-25(24)33-27(19-26(30)31,18-20-8-12-22(28)13-9-20)21-10-14-23(32-3)15-11-21/h4-15H,16-19H2,1-3H3. The molecule has 0 aromatic heterocycles. The fourth-order valence-electron chi connectivity index (χ4n) is 4.22. The summed E-state index contributed by atoms with van der Waals surface area (Å²) in [4.78, 5) is 18.8. The van der Waals surface area contributed by atoms with Crippen LogP contribution in [0.1, 0.15) is 17.5 Å². The van der Waals surface area contributed by atoms with Crippen LogP contribution in [0.15, 0.2) is 77.7 Å². The van der Waals surface area contributed by atoms with Gasteiger partial charge in [0, 0.05) is 24.4 Å². The Morgan fingerprint density at radius 1 is 1.03 bits per heavy atom. The quantitative estimate of drug-likeness (QED) is 0.471. The smallest absolute Gasteiger partial charge is 0.228 e. The van der Waals surface area contributed by atoms with E-state index in [1.807, 2.05) is 73.6 Å². The average Bonchev–Trinajstić information content (AvgIpc) is 2.93. The number of methoxy groups -OCH3 is 1. The number of anilines is 1. The van der Waals surface area contributed by atoms with Gasteiger partial charge >= 0.3 is 0 Å². The first kappa shape index (κ1) is 23.3. The second-order valence-corrected chi connectivity index (χ2v) is 10.0.